The summed E-state index contributed by atoms with van der Waals surface area (Å²) in [6.07, 6.45) is 1.52. The number of likely N-dealkylation sites (tertiary alicyclic amines) is 1. The second kappa shape index (κ2) is 9.27. The van der Waals surface area contributed by atoms with Gasteiger partial charge in [-0.2, -0.15) is 10.4 Å². The van der Waals surface area contributed by atoms with E-state index in [0.29, 0.717) is 11.4 Å². The second-order valence-corrected chi connectivity index (χ2v) is 8.78. The van der Waals surface area contributed by atoms with Crippen molar-refractivity contribution in [1.29, 1.82) is 5.26 Å². The average Bonchev–Trinajstić information content (AvgIpc) is 3.23. The van der Waals surface area contributed by atoms with E-state index in [1.807, 2.05) is 63.2 Å². The number of rotatable bonds is 6. The van der Waals surface area contributed by atoms with Crippen LogP contribution in [0.4, 0.5) is 22.0 Å². The fourth-order valence-corrected chi connectivity index (χ4v) is 4.31. The van der Waals surface area contributed by atoms with Crippen molar-refractivity contribution in [1.82, 2.24) is 20.4 Å². The van der Waals surface area contributed by atoms with Gasteiger partial charge < -0.3 is 20.9 Å². The first-order chi connectivity index (χ1) is 16.3. The number of H-pyrrole nitrogens is 1. The maximum Gasteiger partial charge on any atom is 0.322 e. The summed E-state index contributed by atoms with van der Waals surface area (Å²) in [5.41, 5.74) is 4.21. The molecule has 34 heavy (non-hydrogen) atoms. The number of aromatic amines is 1. The Bertz CT molecular complexity index is 1230. The van der Waals surface area contributed by atoms with Crippen LogP contribution in [0.1, 0.15) is 33.5 Å². The number of carbonyl (C=O) groups excluding carboxylic acids is 2. The van der Waals surface area contributed by atoms with E-state index < -0.39 is 5.54 Å². The average molecular weight is 458 g/mol. The molecule has 3 aromatic rings. The van der Waals surface area contributed by atoms with Crippen molar-refractivity contribution in [2.24, 2.45) is 0 Å². The lowest BCUT2D eigenvalue weighted by Crippen LogP contribution is -2.71. The van der Waals surface area contributed by atoms with E-state index in [1.165, 1.54) is 6.20 Å². The summed E-state index contributed by atoms with van der Waals surface area (Å²) in [4.78, 5) is 27.5. The number of anilines is 3. The Hall–Kier alpha value is -4.32. The number of hydrogen-bond donors (Lipinski definition) is 4. The molecule has 1 fully saturated rings. The van der Waals surface area contributed by atoms with Crippen LogP contribution < -0.4 is 16.0 Å². The zero-order valence-corrected chi connectivity index (χ0v) is 19.4. The first-order valence-electron chi connectivity index (χ1n) is 11.0. The van der Waals surface area contributed by atoms with Gasteiger partial charge in [0.15, 0.2) is 0 Å². The van der Waals surface area contributed by atoms with Crippen LogP contribution in [-0.4, -0.2) is 45.7 Å². The van der Waals surface area contributed by atoms with E-state index in [9.17, 15) is 14.9 Å². The molecule has 4 rings (SSSR count). The Morgan fingerprint density at radius 3 is 2.47 bits per heavy atom. The molecule has 174 valence electrons. The van der Waals surface area contributed by atoms with Gasteiger partial charge in [-0.3, -0.25) is 9.89 Å². The molecule has 9 nitrogen and oxygen atoms in total. The fraction of sp³-hybridized carbons (Fsp3) is 0.280. The molecule has 0 bridgehead atoms. The van der Waals surface area contributed by atoms with Gasteiger partial charge in [0.2, 0.25) is 0 Å². The van der Waals surface area contributed by atoms with E-state index in [1.54, 1.807) is 4.90 Å². The normalized spacial score (nSPS) is 14.0. The number of aromatic nitrogens is 2. The summed E-state index contributed by atoms with van der Waals surface area (Å²) in [6, 6.07) is 15.3. The molecule has 0 saturated carbocycles. The molecule has 2 aromatic carbocycles. The summed E-state index contributed by atoms with van der Waals surface area (Å²) >= 11 is 0. The summed E-state index contributed by atoms with van der Waals surface area (Å²) in [5, 5.41) is 25.2. The molecule has 3 amide bonds. The first-order valence-corrected chi connectivity index (χ1v) is 11.0. The maximum absolute atomic E-state index is 13.0. The summed E-state index contributed by atoms with van der Waals surface area (Å²) in [5.74, 6) is 0.0859. The highest BCUT2D eigenvalue weighted by Gasteiger charge is 2.47. The van der Waals surface area contributed by atoms with Gasteiger partial charge in [-0.1, -0.05) is 35.9 Å². The highest BCUT2D eigenvalue weighted by Crippen LogP contribution is 2.28. The van der Waals surface area contributed by atoms with Crippen molar-refractivity contribution >= 4 is 29.1 Å². The molecule has 0 spiro atoms. The lowest BCUT2D eigenvalue weighted by atomic mass is 9.86. The third-order valence-corrected chi connectivity index (χ3v) is 5.91. The molecule has 1 aliphatic heterocycles. The Morgan fingerprint density at radius 2 is 1.82 bits per heavy atom. The molecule has 0 radical (unpaired) electrons. The molecule has 4 N–H and O–H groups in total. The minimum Gasteiger partial charge on any atom is -0.342 e. The summed E-state index contributed by atoms with van der Waals surface area (Å²) in [6.45, 7) is 6.40. The quantitative estimate of drug-likeness (QED) is 0.445. The standard InChI is InChI=1S/C25H27N7O2/c1-16-11-17(2)21(18(3)12-16)29-24(34)32-14-25(15-32,9-10-26)30-23(33)20-13-27-31-22(20)28-19-7-5-4-6-8-19/h4-8,11-13H,9,14-15H2,1-3H3,(H,29,34)(H,30,33)(H2,27,28,31). The largest absolute Gasteiger partial charge is 0.342 e. The lowest BCUT2D eigenvalue weighted by molar-refractivity contribution is 0.0609. The molecular formula is C25H27N7O2. The third kappa shape index (κ3) is 4.71. The Morgan fingerprint density at radius 1 is 1.15 bits per heavy atom. The fourth-order valence-electron chi connectivity index (χ4n) is 4.31. The number of aryl methyl sites for hydroxylation is 3. The minimum absolute atomic E-state index is 0.0877. The molecule has 0 aliphatic carbocycles. The number of urea groups is 1. The van der Waals surface area contributed by atoms with Crippen LogP contribution in [0.3, 0.4) is 0 Å². The van der Waals surface area contributed by atoms with Gasteiger partial charge in [-0.05, 0) is 44.0 Å². The van der Waals surface area contributed by atoms with Crippen LogP contribution in [0, 0.1) is 32.1 Å². The zero-order valence-electron chi connectivity index (χ0n) is 19.4. The molecule has 9 heteroatoms. The molecular weight excluding hydrogens is 430 g/mol. The van der Waals surface area contributed by atoms with Crippen LogP contribution in [0.2, 0.25) is 0 Å². The van der Waals surface area contributed by atoms with Crippen LogP contribution >= 0.6 is 0 Å². The molecule has 1 aliphatic rings. The van der Waals surface area contributed by atoms with E-state index >= 15 is 0 Å². The lowest BCUT2D eigenvalue weighted by Gasteiger charge is -2.49. The van der Waals surface area contributed by atoms with E-state index in [-0.39, 0.29) is 31.4 Å². The van der Waals surface area contributed by atoms with Gasteiger partial charge in [0, 0.05) is 24.5 Å². The SMILES string of the molecule is Cc1cc(C)c(NC(=O)N2CC(CC#N)(NC(=O)c3cn[nH]c3Nc3ccccc3)C2)c(C)c1. The van der Waals surface area contributed by atoms with Gasteiger partial charge in [0.1, 0.15) is 11.4 Å². The van der Waals surface area contributed by atoms with Crippen molar-refractivity contribution < 1.29 is 9.59 Å². The topological polar surface area (TPSA) is 126 Å². The molecule has 0 unspecified atom stereocenters. The van der Waals surface area contributed by atoms with Crippen LogP contribution in [-0.2, 0) is 0 Å². The number of amides is 3. The van der Waals surface area contributed by atoms with Gasteiger partial charge in [0.25, 0.3) is 5.91 Å². The monoisotopic (exact) mass is 457 g/mol. The molecule has 1 saturated heterocycles. The van der Waals surface area contributed by atoms with Crippen molar-refractivity contribution in [2.45, 2.75) is 32.7 Å². The highest BCUT2D eigenvalue weighted by molar-refractivity contribution is 6.00. The van der Waals surface area contributed by atoms with Crippen LogP contribution in [0.5, 0.6) is 0 Å². The Kier molecular flexibility index (Phi) is 6.23. The summed E-state index contributed by atoms with van der Waals surface area (Å²) in [7, 11) is 0. The smallest absolute Gasteiger partial charge is 0.322 e. The number of para-hydroxylation sites is 1. The first kappa shape index (κ1) is 22.9. The zero-order chi connectivity index (χ0) is 24.3. The van der Waals surface area contributed by atoms with Crippen molar-refractivity contribution in [3.8, 4) is 6.07 Å². The van der Waals surface area contributed by atoms with Gasteiger partial charge >= 0.3 is 6.03 Å². The highest BCUT2D eigenvalue weighted by atomic mass is 16.2. The maximum atomic E-state index is 13.0. The Balaban J connectivity index is 1.42. The number of nitrogens with one attached hydrogen (secondary N) is 4. The Labute approximate surface area is 198 Å². The minimum atomic E-state index is -0.818. The summed E-state index contributed by atoms with van der Waals surface area (Å²) < 4.78 is 0. The number of benzene rings is 2. The van der Waals surface area contributed by atoms with Gasteiger partial charge in [-0.25, -0.2) is 4.79 Å². The molecule has 2 heterocycles. The van der Waals surface area contributed by atoms with Crippen LogP contribution in [0.25, 0.3) is 0 Å². The second-order valence-electron chi connectivity index (χ2n) is 8.78. The van der Waals surface area contributed by atoms with Crippen molar-refractivity contribution in [2.75, 3.05) is 23.7 Å². The molecule has 0 atom stereocenters. The third-order valence-electron chi connectivity index (χ3n) is 5.91. The molecule has 1 aromatic heterocycles. The van der Waals surface area contributed by atoms with Gasteiger partial charge in [0.05, 0.1) is 24.2 Å². The van der Waals surface area contributed by atoms with E-state index in [2.05, 4.69) is 32.2 Å². The predicted octanol–water partition coefficient (Wildman–Crippen LogP) is 4.01. The van der Waals surface area contributed by atoms with Crippen molar-refractivity contribution in [3.63, 3.8) is 0 Å². The van der Waals surface area contributed by atoms with E-state index in [0.717, 1.165) is 28.1 Å². The van der Waals surface area contributed by atoms with Crippen LogP contribution in [0.15, 0.2) is 48.7 Å². The number of hydrogen-bond acceptors (Lipinski definition) is 5. The number of nitrogens with zero attached hydrogens (tertiary/aromatic N) is 3. The van der Waals surface area contributed by atoms with Gasteiger partial charge in [-0.15, -0.1) is 0 Å². The van der Waals surface area contributed by atoms with Crippen molar-refractivity contribution in [3.05, 3.63) is 70.9 Å². The predicted molar refractivity (Wildman–Crippen MR) is 130 cm³/mol. The van der Waals surface area contributed by atoms with E-state index in [4.69, 9.17) is 0 Å². The number of nitriles is 1. The number of carbonyl (C=O) groups is 2.